The molecule has 0 N–H and O–H groups in total. The number of benzene rings is 4. The Hall–Kier alpha value is -0.757. The van der Waals surface area contributed by atoms with E-state index in [1.54, 1.807) is 0 Å². The maximum atomic E-state index is 4.93. The molecule has 0 nitrogen and oxygen atoms in total. The first kappa shape index (κ1) is 52.9. The van der Waals surface area contributed by atoms with Crippen molar-refractivity contribution < 1.29 is 41.7 Å². The summed E-state index contributed by atoms with van der Waals surface area (Å²) in [4.78, 5) is 0. The van der Waals surface area contributed by atoms with Gasteiger partial charge in [-0.15, -0.1) is 69.1 Å². The van der Waals surface area contributed by atoms with Gasteiger partial charge in [-0.1, -0.05) is 151 Å². The van der Waals surface area contributed by atoms with Crippen molar-refractivity contribution in [2.75, 3.05) is 0 Å². The van der Waals surface area contributed by atoms with Gasteiger partial charge in [0.15, 0.2) is 0 Å². The Balaban J connectivity index is 0.000000225. The van der Waals surface area contributed by atoms with Crippen LogP contribution in [-0.4, -0.2) is 9.52 Å². The zero-order valence-corrected chi connectivity index (χ0v) is 46.1. The normalized spacial score (nSPS) is 15.4. The second kappa shape index (κ2) is 28.3. The van der Waals surface area contributed by atoms with E-state index in [-0.39, 0.29) is 0 Å². The molecular formula is C54H66Cl4SiZr2. The van der Waals surface area contributed by atoms with Gasteiger partial charge in [-0.25, -0.2) is 0 Å². The summed E-state index contributed by atoms with van der Waals surface area (Å²) in [6.07, 6.45) is 21.6. The van der Waals surface area contributed by atoms with Gasteiger partial charge >= 0.3 is 75.7 Å². The minimum atomic E-state index is -0.826. The van der Waals surface area contributed by atoms with Gasteiger partial charge in [-0.2, -0.15) is 12.1 Å². The van der Waals surface area contributed by atoms with E-state index in [1.165, 1.54) is 156 Å². The number of hydrogen-bond donors (Lipinski definition) is 0. The molecule has 2 radical (unpaired) electrons. The zero-order chi connectivity index (χ0) is 44.1. The summed E-state index contributed by atoms with van der Waals surface area (Å²) in [5.41, 5.74) is 12.3. The van der Waals surface area contributed by atoms with Crippen LogP contribution in [0.2, 0.25) is 0 Å². The van der Waals surface area contributed by atoms with Crippen LogP contribution in [0.4, 0.5) is 0 Å². The van der Waals surface area contributed by atoms with E-state index in [0.29, 0.717) is 20.3 Å². The second-order valence-electron chi connectivity index (χ2n) is 17.6. The monoisotopic (exact) mass is 1060 g/mol. The van der Waals surface area contributed by atoms with E-state index in [4.69, 9.17) is 34.1 Å². The van der Waals surface area contributed by atoms with E-state index in [0.717, 1.165) is 12.8 Å². The Morgan fingerprint density at radius 3 is 1.13 bits per heavy atom. The van der Waals surface area contributed by atoms with Crippen LogP contribution in [0.25, 0.3) is 43.8 Å². The molecule has 6 aromatic carbocycles. The number of rotatable bonds is 8. The summed E-state index contributed by atoms with van der Waals surface area (Å²) in [5, 5.41) is 5.64. The summed E-state index contributed by atoms with van der Waals surface area (Å²) in [7, 11) is 20.3. The number of fused-ring (bicyclic) bond motifs is 2. The average Bonchev–Trinajstić information content (AvgIpc) is 3.71. The predicted octanol–water partition coefficient (Wildman–Crippen LogP) is 18.4. The second-order valence-corrected chi connectivity index (χ2v) is 25.6. The van der Waals surface area contributed by atoms with Crippen LogP contribution in [0.15, 0.2) is 109 Å². The number of hydrogen-bond acceptors (Lipinski definition) is 0. The Labute approximate surface area is 410 Å². The molecule has 0 amide bonds. The molecule has 0 spiro atoms. The molecule has 0 saturated heterocycles. The van der Waals surface area contributed by atoms with Crippen LogP contribution >= 0.6 is 34.1 Å². The third-order valence-electron chi connectivity index (χ3n) is 12.9. The van der Waals surface area contributed by atoms with Gasteiger partial charge in [-0.05, 0) is 84.5 Å². The summed E-state index contributed by atoms with van der Waals surface area (Å²) in [6, 6.07) is 41.6. The van der Waals surface area contributed by atoms with Crippen LogP contribution in [0.5, 0.6) is 0 Å². The molecular weight excluding hydrogens is 1000 g/mol. The Morgan fingerprint density at radius 1 is 0.525 bits per heavy atom. The Morgan fingerprint density at radius 2 is 0.836 bits per heavy atom. The Bertz CT molecular complexity index is 1950. The van der Waals surface area contributed by atoms with E-state index in [2.05, 4.69) is 150 Å². The fourth-order valence-electron chi connectivity index (χ4n) is 9.64. The van der Waals surface area contributed by atoms with Gasteiger partial charge in [0.25, 0.3) is 0 Å². The third-order valence-corrected chi connectivity index (χ3v) is 12.9. The van der Waals surface area contributed by atoms with Gasteiger partial charge in [-0.3, -0.25) is 0 Å². The molecule has 322 valence electrons. The van der Waals surface area contributed by atoms with Gasteiger partial charge in [0.1, 0.15) is 0 Å². The van der Waals surface area contributed by atoms with Gasteiger partial charge in [0.2, 0.25) is 0 Å². The summed E-state index contributed by atoms with van der Waals surface area (Å²) in [5.74, 6) is 0. The van der Waals surface area contributed by atoms with E-state index in [1.807, 2.05) is 0 Å². The fraction of sp³-hybridized carbons (Fsp3) is 0.407. The molecule has 6 aromatic rings. The molecule has 0 aliphatic heterocycles. The molecule has 0 atom stereocenters. The molecule has 2 aliphatic carbocycles. The molecule has 0 heterocycles. The first-order valence-electron chi connectivity index (χ1n) is 22.4. The summed E-state index contributed by atoms with van der Waals surface area (Å²) in [6.45, 7) is 16.3. The van der Waals surface area contributed by atoms with Crippen molar-refractivity contribution in [2.45, 2.75) is 130 Å². The summed E-state index contributed by atoms with van der Waals surface area (Å²) < 4.78 is 0. The quantitative estimate of drug-likeness (QED) is 0.0810. The number of halogens is 4. The average molecular weight is 1070 g/mol. The molecule has 7 heteroatoms. The molecule has 2 saturated carbocycles. The molecule has 2 fully saturated rings. The third kappa shape index (κ3) is 16.9. The fourth-order valence-corrected chi connectivity index (χ4v) is 9.64. The SMILES string of the molecule is CCc1ccc(-c2cccc3[cH-]c(CC4(C)CCCCCC4)cc23)cc1.CCc1ccc(-c2cccc3[cH-]c(CC4(C)CCCCCC4)cc23)cc1.[CH2-][Si][CH2-].[Cl][Zr+2][Cl].[Cl][Zr+2][Cl]. The van der Waals surface area contributed by atoms with Gasteiger partial charge in [0.05, 0.1) is 0 Å². The van der Waals surface area contributed by atoms with Crippen molar-refractivity contribution >= 4 is 65.1 Å². The zero-order valence-electron chi connectivity index (χ0n) is 37.1. The van der Waals surface area contributed by atoms with Crippen LogP contribution in [0, 0.1) is 23.9 Å². The minimum absolute atomic E-state index is 0.490. The molecule has 0 unspecified atom stereocenters. The van der Waals surface area contributed by atoms with Crippen LogP contribution < -0.4 is 0 Å². The van der Waals surface area contributed by atoms with E-state index < -0.39 is 41.7 Å². The van der Waals surface area contributed by atoms with E-state index in [9.17, 15) is 0 Å². The van der Waals surface area contributed by atoms with Crippen molar-refractivity contribution in [2.24, 2.45) is 10.8 Å². The maximum absolute atomic E-state index is 4.93. The first-order chi connectivity index (χ1) is 29.6. The Kier molecular flexibility index (Phi) is 24.5. The number of aryl methyl sites for hydroxylation is 2. The molecule has 61 heavy (non-hydrogen) atoms. The van der Waals surface area contributed by atoms with Gasteiger partial charge < -0.3 is 22.6 Å². The molecule has 0 aromatic heterocycles. The van der Waals surface area contributed by atoms with E-state index >= 15 is 0 Å². The standard InChI is InChI=1S/2C26H31.C2H4Si.4ClH.2Zr/c2*1-3-20-11-13-22(14-12-20)24-10-8-9-23-17-21(18-25(23)24)19-26(2)15-6-4-5-7-16-26;1-3-2;;;;;;/h2*8-14,17-18H,3-7,15-16,19H2,1-2H3;1-2H2;4*1H;;/q2*-1;-2;;;;;2*+4/p-4. The molecule has 2 aliphatic rings. The predicted molar refractivity (Wildman–Crippen MR) is 268 cm³/mol. The molecule has 8 rings (SSSR count). The van der Waals surface area contributed by atoms with Crippen molar-refractivity contribution in [1.82, 2.24) is 0 Å². The topological polar surface area (TPSA) is 0 Å². The summed E-state index contributed by atoms with van der Waals surface area (Å²) >= 11 is -1.65. The van der Waals surface area contributed by atoms with Crippen LogP contribution in [-0.2, 0) is 67.4 Å². The van der Waals surface area contributed by atoms with Crippen molar-refractivity contribution in [1.29, 1.82) is 0 Å². The van der Waals surface area contributed by atoms with Crippen LogP contribution in [0.3, 0.4) is 0 Å². The van der Waals surface area contributed by atoms with Crippen molar-refractivity contribution in [3.8, 4) is 22.3 Å². The van der Waals surface area contributed by atoms with Crippen molar-refractivity contribution in [3.05, 3.63) is 145 Å². The van der Waals surface area contributed by atoms with Gasteiger partial charge in [0, 0.05) is 0 Å². The van der Waals surface area contributed by atoms with Crippen LogP contribution in [0.1, 0.15) is 127 Å². The first-order valence-corrected chi connectivity index (χ1v) is 36.4. The van der Waals surface area contributed by atoms with Crippen molar-refractivity contribution in [3.63, 3.8) is 0 Å². The molecule has 0 bridgehead atoms.